The number of nitrogens with zero attached hydrogens (tertiary/aromatic N) is 2. The summed E-state index contributed by atoms with van der Waals surface area (Å²) in [5, 5.41) is 6.46. The zero-order valence-corrected chi connectivity index (χ0v) is 15.2. The van der Waals surface area contributed by atoms with Crippen LogP contribution < -0.4 is 15.5 Å². The summed E-state index contributed by atoms with van der Waals surface area (Å²) in [5.41, 5.74) is 2.26. The summed E-state index contributed by atoms with van der Waals surface area (Å²) in [5.74, 6) is -0.627. The molecule has 0 aliphatic carbocycles. The topological polar surface area (TPSA) is 57.3 Å². The molecule has 2 aromatic carbocycles. The van der Waals surface area contributed by atoms with E-state index in [0.717, 1.165) is 42.5 Å². The van der Waals surface area contributed by atoms with Crippen LogP contribution in [0, 0.1) is 11.6 Å². The van der Waals surface area contributed by atoms with Crippen molar-refractivity contribution >= 4 is 28.3 Å². The smallest absolute Gasteiger partial charge is 0.319 e. The maximum atomic E-state index is 13.7. The SMILES string of the molecule is O=C(Nc1ccc(F)cc1)NC1CCN(c2ccnc3ccc(F)cc23)CC1. The molecule has 3 aromatic rings. The van der Waals surface area contributed by atoms with Gasteiger partial charge in [-0.3, -0.25) is 4.98 Å². The number of hydrogen-bond donors (Lipinski definition) is 2. The second kappa shape index (κ2) is 7.80. The van der Waals surface area contributed by atoms with Crippen LogP contribution in [0.1, 0.15) is 12.8 Å². The highest BCUT2D eigenvalue weighted by atomic mass is 19.1. The van der Waals surface area contributed by atoms with Crippen molar-refractivity contribution in [1.29, 1.82) is 0 Å². The van der Waals surface area contributed by atoms with E-state index >= 15 is 0 Å². The van der Waals surface area contributed by atoms with Gasteiger partial charge in [0.2, 0.25) is 0 Å². The molecule has 0 spiro atoms. The number of fused-ring (bicyclic) bond motifs is 1. The van der Waals surface area contributed by atoms with Crippen molar-refractivity contribution in [3.8, 4) is 0 Å². The minimum atomic E-state index is -0.346. The van der Waals surface area contributed by atoms with E-state index in [9.17, 15) is 13.6 Å². The van der Waals surface area contributed by atoms with Crippen LogP contribution in [0.25, 0.3) is 10.9 Å². The number of amides is 2. The number of benzene rings is 2. The van der Waals surface area contributed by atoms with E-state index < -0.39 is 0 Å². The molecular weight excluding hydrogens is 362 g/mol. The van der Waals surface area contributed by atoms with Crippen LogP contribution in [0.5, 0.6) is 0 Å². The summed E-state index contributed by atoms with van der Waals surface area (Å²) >= 11 is 0. The molecule has 1 saturated heterocycles. The molecule has 0 unspecified atom stereocenters. The summed E-state index contributed by atoms with van der Waals surface area (Å²) < 4.78 is 26.6. The number of pyridine rings is 1. The summed E-state index contributed by atoms with van der Waals surface area (Å²) in [4.78, 5) is 18.6. The van der Waals surface area contributed by atoms with E-state index in [4.69, 9.17) is 0 Å². The lowest BCUT2D eigenvalue weighted by Crippen LogP contribution is -2.46. The fourth-order valence-corrected chi connectivity index (χ4v) is 3.53. The Morgan fingerprint density at radius 2 is 1.71 bits per heavy atom. The van der Waals surface area contributed by atoms with Crippen molar-refractivity contribution in [2.24, 2.45) is 0 Å². The number of hydrogen-bond acceptors (Lipinski definition) is 3. The van der Waals surface area contributed by atoms with Crippen molar-refractivity contribution < 1.29 is 13.6 Å². The van der Waals surface area contributed by atoms with Crippen molar-refractivity contribution in [1.82, 2.24) is 10.3 Å². The van der Waals surface area contributed by atoms with E-state index in [1.807, 2.05) is 6.07 Å². The maximum absolute atomic E-state index is 13.7. The third kappa shape index (κ3) is 4.03. The van der Waals surface area contributed by atoms with E-state index in [2.05, 4.69) is 20.5 Å². The van der Waals surface area contributed by atoms with Gasteiger partial charge in [-0.1, -0.05) is 0 Å². The van der Waals surface area contributed by atoms with Crippen LogP contribution in [0.4, 0.5) is 25.0 Å². The Morgan fingerprint density at radius 1 is 1.00 bits per heavy atom. The van der Waals surface area contributed by atoms with E-state index in [-0.39, 0.29) is 23.7 Å². The normalized spacial score (nSPS) is 14.9. The second-order valence-corrected chi connectivity index (χ2v) is 6.86. The lowest BCUT2D eigenvalue weighted by atomic mass is 10.0. The molecule has 5 nitrogen and oxygen atoms in total. The quantitative estimate of drug-likeness (QED) is 0.710. The zero-order chi connectivity index (χ0) is 19.5. The Hall–Kier alpha value is -3.22. The van der Waals surface area contributed by atoms with Crippen LogP contribution >= 0.6 is 0 Å². The van der Waals surface area contributed by atoms with Gasteiger partial charge in [0, 0.05) is 42.1 Å². The Bertz CT molecular complexity index is 985. The summed E-state index contributed by atoms with van der Waals surface area (Å²) in [7, 11) is 0. The fourth-order valence-electron chi connectivity index (χ4n) is 3.53. The number of carbonyl (C=O) groups excluding carboxylic acids is 1. The van der Waals surface area contributed by atoms with Gasteiger partial charge in [-0.25, -0.2) is 13.6 Å². The number of halogens is 2. The number of carbonyl (C=O) groups is 1. The van der Waals surface area contributed by atoms with Gasteiger partial charge in [-0.05, 0) is 61.4 Å². The van der Waals surface area contributed by atoms with Gasteiger partial charge in [0.25, 0.3) is 0 Å². The fraction of sp³-hybridized carbons (Fsp3) is 0.238. The van der Waals surface area contributed by atoms with Gasteiger partial charge in [0.05, 0.1) is 5.52 Å². The van der Waals surface area contributed by atoms with Gasteiger partial charge >= 0.3 is 6.03 Å². The van der Waals surface area contributed by atoms with Crippen LogP contribution in [0.2, 0.25) is 0 Å². The number of rotatable bonds is 3. The molecule has 0 bridgehead atoms. The summed E-state index contributed by atoms with van der Waals surface area (Å²) in [6.45, 7) is 1.49. The van der Waals surface area contributed by atoms with Crippen molar-refractivity contribution in [3.05, 3.63) is 66.4 Å². The Balaban J connectivity index is 1.36. The molecule has 1 fully saturated rings. The lowest BCUT2D eigenvalue weighted by molar-refractivity contribution is 0.246. The molecule has 4 rings (SSSR count). The van der Waals surface area contributed by atoms with E-state index in [0.29, 0.717) is 5.69 Å². The summed E-state index contributed by atoms with van der Waals surface area (Å²) in [6, 6.07) is 11.9. The monoisotopic (exact) mass is 382 g/mol. The van der Waals surface area contributed by atoms with Crippen LogP contribution in [0.15, 0.2) is 54.7 Å². The highest BCUT2D eigenvalue weighted by Gasteiger charge is 2.22. The molecule has 0 atom stereocenters. The predicted molar refractivity (Wildman–Crippen MR) is 105 cm³/mol. The predicted octanol–water partition coefficient (Wildman–Crippen LogP) is 4.30. The molecule has 2 amide bonds. The molecular formula is C21H20F2N4O. The first kappa shape index (κ1) is 18.2. The number of piperidine rings is 1. The van der Waals surface area contributed by atoms with Gasteiger partial charge < -0.3 is 15.5 Å². The first-order chi connectivity index (χ1) is 13.6. The highest BCUT2D eigenvalue weighted by molar-refractivity contribution is 5.92. The van der Waals surface area contributed by atoms with Gasteiger partial charge in [-0.15, -0.1) is 0 Å². The minimum Gasteiger partial charge on any atom is -0.371 e. The van der Waals surface area contributed by atoms with Crippen LogP contribution in [-0.4, -0.2) is 30.1 Å². The molecule has 1 aliphatic heterocycles. The first-order valence-corrected chi connectivity index (χ1v) is 9.21. The summed E-state index contributed by atoms with van der Waals surface area (Å²) in [6.07, 6.45) is 3.28. The molecule has 2 N–H and O–H groups in total. The number of urea groups is 1. The molecule has 0 saturated carbocycles. The van der Waals surface area contributed by atoms with Crippen LogP contribution in [0.3, 0.4) is 0 Å². The molecule has 1 aliphatic rings. The first-order valence-electron chi connectivity index (χ1n) is 9.21. The maximum Gasteiger partial charge on any atom is 0.319 e. The molecule has 28 heavy (non-hydrogen) atoms. The van der Waals surface area contributed by atoms with E-state index in [1.165, 1.54) is 36.4 Å². The van der Waals surface area contributed by atoms with Crippen molar-refractivity contribution in [2.45, 2.75) is 18.9 Å². The highest BCUT2D eigenvalue weighted by Crippen LogP contribution is 2.28. The largest absolute Gasteiger partial charge is 0.371 e. The minimum absolute atomic E-state index is 0.0431. The number of anilines is 2. The Labute approximate surface area is 161 Å². The van der Waals surface area contributed by atoms with Gasteiger partial charge in [-0.2, -0.15) is 0 Å². The molecule has 2 heterocycles. The molecule has 0 radical (unpaired) electrons. The molecule has 7 heteroatoms. The Kier molecular flexibility index (Phi) is 5.06. The average molecular weight is 382 g/mol. The Morgan fingerprint density at radius 3 is 2.46 bits per heavy atom. The molecule has 1 aromatic heterocycles. The molecule has 144 valence electrons. The third-order valence-electron chi connectivity index (χ3n) is 4.95. The average Bonchev–Trinajstić information content (AvgIpc) is 2.70. The number of nitrogens with one attached hydrogen (secondary N) is 2. The van der Waals surface area contributed by atoms with E-state index in [1.54, 1.807) is 12.3 Å². The van der Waals surface area contributed by atoms with Crippen LogP contribution in [-0.2, 0) is 0 Å². The van der Waals surface area contributed by atoms with Gasteiger partial charge in [0.15, 0.2) is 0 Å². The van der Waals surface area contributed by atoms with Gasteiger partial charge in [0.1, 0.15) is 11.6 Å². The van der Waals surface area contributed by atoms with Crippen molar-refractivity contribution in [3.63, 3.8) is 0 Å². The number of aromatic nitrogens is 1. The third-order valence-corrected chi connectivity index (χ3v) is 4.95. The van der Waals surface area contributed by atoms with Crippen molar-refractivity contribution in [2.75, 3.05) is 23.3 Å². The lowest BCUT2D eigenvalue weighted by Gasteiger charge is -2.34. The zero-order valence-electron chi connectivity index (χ0n) is 15.2. The second-order valence-electron chi connectivity index (χ2n) is 6.86. The standard InChI is InChI=1S/C21H20F2N4O/c22-14-1-4-16(5-2-14)25-21(28)26-17-8-11-27(12-9-17)20-7-10-24-19-6-3-15(23)13-18(19)20/h1-7,10,13,17H,8-9,11-12H2,(H2,25,26,28).